The number of likely N-dealkylation sites (N-methyl/N-ethyl adjacent to an activating group) is 1. The molecule has 2 fully saturated rings. The normalized spacial score (nSPS) is 29.7. The average molecular weight is 630 g/mol. The maximum Gasteiger partial charge on any atom is 0.410 e. The van der Waals surface area contributed by atoms with E-state index in [1.807, 2.05) is 70.3 Å². The number of likely N-dealkylation sites (tertiary alicyclic amines) is 1. The van der Waals surface area contributed by atoms with Gasteiger partial charge in [0.2, 0.25) is 0 Å². The minimum absolute atomic E-state index is 0.0505. The highest BCUT2D eigenvalue weighted by molar-refractivity contribution is 5.71. The number of carbonyl (C=O) groups is 3. The number of esters is 1. The fourth-order valence-corrected chi connectivity index (χ4v) is 5.87. The second-order valence-electron chi connectivity index (χ2n) is 12.7. The van der Waals surface area contributed by atoms with E-state index in [0.29, 0.717) is 38.9 Å². The van der Waals surface area contributed by atoms with Gasteiger partial charge in [0, 0.05) is 38.6 Å². The Labute approximate surface area is 265 Å². The van der Waals surface area contributed by atoms with Gasteiger partial charge in [0.25, 0.3) is 0 Å². The van der Waals surface area contributed by atoms with Gasteiger partial charge in [-0.15, -0.1) is 0 Å². The number of hydrogen-bond donors (Lipinski definition) is 1. The molecule has 45 heavy (non-hydrogen) atoms. The van der Waals surface area contributed by atoms with E-state index >= 15 is 0 Å². The van der Waals surface area contributed by atoms with Crippen molar-refractivity contribution in [3.05, 3.63) is 53.1 Å². The number of rotatable bonds is 5. The zero-order valence-electron chi connectivity index (χ0n) is 26.9. The molecule has 1 N–H and O–H groups in total. The number of alkyl halides is 1. The van der Waals surface area contributed by atoms with Crippen molar-refractivity contribution in [1.82, 2.24) is 14.7 Å². The van der Waals surface area contributed by atoms with Crippen LogP contribution in [0.1, 0.15) is 57.6 Å². The van der Waals surface area contributed by atoms with Crippen LogP contribution in [0.25, 0.3) is 6.08 Å². The van der Waals surface area contributed by atoms with Crippen molar-refractivity contribution in [2.45, 2.75) is 77.5 Å². The summed E-state index contributed by atoms with van der Waals surface area (Å²) in [6, 6.07) is 7.48. The molecular formula is C34H48FN3O7. The summed E-state index contributed by atoms with van der Waals surface area (Å²) in [5.41, 5.74) is 2.38. The summed E-state index contributed by atoms with van der Waals surface area (Å²) < 4.78 is 30.8. The maximum atomic E-state index is 13.5. The Kier molecular flexibility index (Phi) is 12.4. The lowest BCUT2D eigenvalue weighted by Crippen LogP contribution is -2.48. The Morgan fingerprint density at radius 3 is 2.51 bits per heavy atom. The smallest absolute Gasteiger partial charge is 0.410 e. The lowest BCUT2D eigenvalue weighted by Gasteiger charge is -2.33. The van der Waals surface area contributed by atoms with E-state index in [-0.39, 0.29) is 37.5 Å². The molecule has 3 aliphatic heterocycles. The van der Waals surface area contributed by atoms with E-state index in [1.165, 1.54) is 4.90 Å². The quantitative estimate of drug-likeness (QED) is 0.281. The molecule has 0 radical (unpaired) electrons. The topological polar surface area (TPSA) is 109 Å². The van der Waals surface area contributed by atoms with E-state index in [4.69, 9.17) is 14.2 Å². The highest BCUT2D eigenvalue weighted by atomic mass is 19.1. The number of cyclic esters (lactones) is 1. The Bertz CT molecular complexity index is 1230. The highest BCUT2D eigenvalue weighted by Gasteiger charge is 2.30. The van der Waals surface area contributed by atoms with Crippen LogP contribution in [-0.2, 0) is 25.6 Å². The Hall–Kier alpha value is -3.44. The molecule has 1 aromatic rings. The molecular weight excluding hydrogens is 581 g/mol. The van der Waals surface area contributed by atoms with Crippen molar-refractivity contribution in [3.63, 3.8) is 0 Å². The molecule has 0 spiro atoms. The summed E-state index contributed by atoms with van der Waals surface area (Å²) in [7, 11) is 2.03. The van der Waals surface area contributed by atoms with Gasteiger partial charge in [-0.25, -0.2) is 14.0 Å². The van der Waals surface area contributed by atoms with Gasteiger partial charge in [0.1, 0.15) is 25.0 Å². The molecule has 11 heteroatoms. The van der Waals surface area contributed by atoms with Crippen LogP contribution in [0.2, 0.25) is 0 Å². The number of aliphatic hydroxyl groups excluding tert-OH is 1. The van der Waals surface area contributed by atoms with Crippen LogP contribution in [0.3, 0.4) is 0 Å². The number of piperazine rings is 1. The first kappa shape index (κ1) is 34.4. The van der Waals surface area contributed by atoms with E-state index in [1.54, 1.807) is 4.90 Å². The van der Waals surface area contributed by atoms with Crippen molar-refractivity contribution in [2.75, 3.05) is 46.3 Å². The van der Waals surface area contributed by atoms with E-state index in [9.17, 15) is 23.9 Å². The van der Waals surface area contributed by atoms with Gasteiger partial charge in [-0.3, -0.25) is 4.79 Å². The predicted octanol–water partition coefficient (Wildman–Crippen LogP) is 4.81. The molecule has 0 aliphatic carbocycles. The molecule has 6 atom stereocenters. The van der Waals surface area contributed by atoms with E-state index in [0.717, 1.165) is 29.8 Å². The maximum absolute atomic E-state index is 13.5. The highest BCUT2D eigenvalue weighted by Crippen LogP contribution is 2.26. The first-order valence-corrected chi connectivity index (χ1v) is 16.0. The van der Waals surface area contributed by atoms with Crippen molar-refractivity contribution in [3.8, 4) is 0 Å². The van der Waals surface area contributed by atoms with Crippen LogP contribution in [0.4, 0.5) is 14.0 Å². The third-order valence-corrected chi connectivity index (χ3v) is 8.80. The largest absolute Gasteiger partial charge is 0.457 e. The summed E-state index contributed by atoms with van der Waals surface area (Å²) in [6.45, 7) is 9.07. The Morgan fingerprint density at radius 1 is 1.04 bits per heavy atom. The Morgan fingerprint density at radius 2 is 1.80 bits per heavy atom. The molecule has 3 aliphatic rings. The number of hydrogen-bond acceptors (Lipinski definition) is 8. The first-order chi connectivity index (χ1) is 21.5. The number of amides is 2. The third-order valence-electron chi connectivity index (χ3n) is 8.80. The van der Waals surface area contributed by atoms with Crippen molar-refractivity contribution < 1.29 is 38.1 Å². The van der Waals surface area contributed by atoms with Gasteiger partial charge in [-0.05, 0) is 68.0 Å². The lowest BCUT2D eigenvalue weighted by atomic mass is 9.91. The van der Waals surface area contributed by atoms with E-state index in [2.05, 4.69) is 4.90 Å². The third kappa shape index (κ3) is 10.3. The van der Waals surface area contributed by atoms with E-state index < -0.39 is 36.5 Å². The zero-order chi connectivity index (χ0) is 32.5. The monoisotopic (exact) mass is 629 g/mol. The lowest BCUT2D eigenvalue weighted by molar-refractivity contribution is -0.151. The van der Waals surface area contributed by atoms with Crippen LogP contribution < -0.4 is 0 Å². The summed E-state index contributed by atoms with van der Waals surface area (Å²) >= 11 is 0. The fourth-order valence-electron chi connectivity index (χ4n) is 5.87. The molecule has 0 bridgehead atoms. The van der Waals surface area contributed by atoms with Crippen LogP contribution in [-0.4, -0.2) is 109 Å². The Balaban J connectivity index is 1.47. The van der Waals surface area contributed by atoms with Crippen molar-refractivity contribution in [1.29, 1.82) is 0 Å². The van der Waals surface area contributed by atoms with Crippen LogP contribution in [0.15, 0.2) is 42.0 Å². The molecule has 2 amide bonds. The average Bonchev–Trinajstić information content (AvgIpc) is 3.45. The predicted molar refractivity (Wildman–Crippen MR) is 168 cm³/mol. The first-order valence-electron chi connectivity index (χ1n) is 16.0. The molecule has 10 nitrogen and oxygen atoms in total. The van der Waals surface area contributed by atoms with Crippen LogP contribution >= 0.6 is 0 Å². The zero-order valence-corrected chi connectivity index (χ0v) is 26.9. The number of ether oxygens (including phenoxy) is 3. The number of nitrogens with zero attached hydrogens (tertiary/aromatic N) is 3. The molecule has 0 aromatic heterocycles. The minimum atomic E-state index is -1.01. The molecule has 3 heterocycles. The van der Waals surface area contributed by atoms with Gasteiger partial charge in [0.05, 0.1) is 19.1 Å². The fraction of sp³-hybridized carbons (Fsp3) is 0.618. The van der Waals surface area contributed by atoms with Crippen LogP contribution in [0.5, 0.6) is 0 Å². The number of benzene rings is 1. The van der Waals surface area contributed by atoms with Gasteiger partial charge in [0.15, 0.2) is 0 Å². The minimum Gasteiger partial charge on any atom is -0.457 e. The standard InChI is InChI=1S/C34H48FN3O7/c1-23-8-10-29(39)20-31(40)45-32(24(2)9-11-30(23)44-34(42)37-16-14-36(4)15-17-37)25(3)18-26-6-5-7-27(19-26)22-43-33(41)38-13-12-28(35)21-38/h5-7,9,11,18-19,23-24,28-30,32,39H,8,10,12-17,20-22H2,1-4H3/b11-9-,25-18+/t23-,24-,28+,29+,30-,32-/m0/s1. The molecule has 4 rings (SSSR count). The number of carbonyl (C=O) groups excluding carboxylic acids is 3. The number of halogens is 1. The van der Waals surface area contributed by atoms with Gasteiger partial charge in [-0.2, -0.15) is 0 Å². The summed E-state index contributed by atoms with van der Waals surface area (Å²) in [5, 5.41) is 10.6. The van der Waals surface area contributed by atoms with Gasteiger partial charge < -0.3 is 34.0 Å². The second kappa shape index (κ2) is 16.2. The molecule has 248 valence electrons. The molecule has 0 unspecified atom stereocenters. The SMILES string of the molecule is C/C(=C\c1cccc(COC(=O)N2CC[C@@H](F)C2)c1)[C@H]1OC(=O)C[C@H](O)CC[C@H](C)[C@@H](OC(=O)N2CCN(C)CC2)/C=C\[C@@H]1C. The van der Waals surface area contributed by atoms with Crippen molar-refractivity contribution in [2.24, 2.45) is 11.8 Å². The number of aliphatic hydroxyl groups is 1. The van der Waals surface area contributed by atoms with Gasteiger partial charge >= 0.3 is 18.2 Å². The summed E-state index contributed by atoms with van der Waals surface area (Å²) in [4.78, 5) is 43.5. The molecule has 2 saturated heterocycles. The van der Waals surface area contributed by atoms with Gasteiger partial charge in [-0.1, -0.05) is 44.2 Å². The molecule has 1 aromatic carbocycles. The summed E-state index contributed by atoms with van der Waals surface area (Å²) in [6.07, 6.45) is 3.01. The second-order valence-corrected chi connectivity index (χ2v) is 12.7. The van der Waals surface area contributed by atoms with Crippen molar-refractivity contribution >= 4 is 24.2 Å². The van der Waals surface area contributed by atoms with Crippen LogP contribution in [0, 0.1) is 11.8 Å². The summed E-state index contributed by atoms with van der Waals surface area (Å²) in [5.74, 6) is -0.807. The molecule has 0 saturated carbocycles.